The number of unbranched alkanes of at least 4 members (excludes halogenated alkanes) is 1. The lowest BCUT2D eigenvalue weighted by molar-refractivity contribution is -0.137. The molecule has 0 aromatic rings. The molecular formula is C16H22O2. The first-order chi connectivity index (χ1) is 8.77. The lowest BCUT2D eigenvalue weighted by Crippen LogP contribution is -1.92. The molecule has 0 rings (SSSR count). The molecule has 2 heteroatoms. The summed E-state index contributed by atoms with van der Waals surface area (Å²) in [5.41, 5.74) is 0. The van der Waals surface area contributed by atoms with Crippen LogP contribution in [0, 0.1) is 0 Å². The molecule has 0 radical (unpaired) electrons. The summed E-state index contributed by atoms with van der Waals surface area (Å²) in [4.78, 5) is 10.2. The van der Waals surface area contributed by atoms with E-state index in [1.807, 2.05) is 54.7 Å². The highest BCUT2D eigenvalue weighted by molar-refractivity contribution is 5.66. The van der Waals surface area contributed by atoms with Crippen LogP contribution >= 0.6 is 0 Å². The van der Waals surface area contributed by atoms with Crippen molar-refractivity contribution in [2.24, 2.45) is 0 Å². The van der Waals surface area contributed by atoms with Gasteiger partial charge in [-0.15, -0.1) is 0 Å². The summed E-state index contributed by atoms with van der Waals surface area (Å²) in [6, 6.07) is 0. The Balaban J connectivity index is 3.60. The summed E-state index contributed by atoms with van der Waals surface area (Å²) < 4.78 is 0. The molecule has 0 amide bonds. The SMILES string of the molecule is CC/C=C/C=C/C=C\C=C/C=C/CCCC(=O)O. The van der Waals surface area contributed by atoms with Gasteiger partial charge in [0.05, 0.1) is 0 Å². The Hall–Kier alpha value is -1.83. The van der Waals surface area contributed by atoms with Gasteiger partial charge in [0.1, 0.15) is 0 Å². The third kappa shape index (κ3) is 14.2. The molecule has 18 heavy (non-hydrogen) atoms. The van der Waals surface area contributed by atoms with E-state index in [-0.39, 0.29) is 6.42 Å². The molecule has 98 valence electrons. The molecule has 0 heterocycles. The standard InChI is InChI=1S/C16H22O2/c1-2-3-4-5-6-7-8-9-10-11-12-13-14-15-16(17)18/h3-12H,2,13-15H2,1H3,(H,17,18)/b4-3+,6-5+,8-7-,10-9-,12-11+. The molecule has 0 aromatic heterocycles. The van der Waals surface area contributed by atoms with E-state index in [0.717, 1.165) is 12.8 Å². The fourth-order valence-electron chi connectivity index (χ4n) is 1.15. The van der Waals surface area contributed by atoms with Crippen LogP contribution in [0.2, 0.25) is 0 Å². The van der Waals surface area contributed by atoms with Crippen LogP contribution in [0.5, 0.6) is 0 Å². The summed E-state index contributed by atoms with van der Waals surface area (Å²) in [6.45, 7) is 2.10. The lowest BCUT2D eigenvalue weighted by Gasteiger charge is -1.88. The second-order valence-electron chi connectivity index (χ2n) is 3.71. The van der Waals surface area contributed by atoms with Gasteiger partial charge >= 0.3 is 5.97 Å². The van der Waals surface area contributed by atoms with Crippen molar-refractivity contribution in [3.8, 4) is 0 Å². The summed E-state index contributed by atoms with van der Waals surface area (Å²) in [7, 11) is 0. The number of rotatable bonds is 9. The summed E-state index contributed by atoms with van der Waals surface area (Å²) in [5, 5.41) is 8.43. The topological polar surface area (TPSA) is 37.3 Å². The van der Waals surface area contributed by atoms with Crippen LogP contribution in [0.25, 0.3) is 0 Å². The molecule has 0 spiro atoms. The minimum absolute atomic E-state index is 0.240. The first-order valence-electron chi connectivity index (χ1n) is 6.30. The molecule has 0 aliphatic carbocycles. The van der Waals surface area contributed by atoms with E-state index in [1.54, 1.807) is 0 Å². The summed E-state index contributed by atoms with van der Waals surface area (Å²) >= 11 is 0. The van der Waals surface area contributed by atoms with Gasteiger partial charge in [0, 0.05) is 6.42 Å². The van der Waals surface area contributed by atoms with Gasteiger partial charge in [0.15, 0.2) is 0 Å². The molecular weight excluding hydrogens is 224 g/mol. The predicted molar refractivity (Wildman–Crippen MR) is 77.5 cm³/mol. The average Bonchev–Trinajstić information content (AvgIpc) is 2.34. The van der Waals surface area contributed by atoms with Crippen molar-refractivity contribution >= 4 is 5.97 Å². The highest BCUT2D eigenvalue weighted by atomic mass is 16.4. The Bertz CT molecular complexity index is 344. The second kappa shape index (κ2) is 13.2. The van der Waals surface area contributed by atoms with Gasteiger partial charge in [-0.2, -0.15) is 0 Å². The number of carboxylic acid groups (broad SMARTS) is 1. The molecule has 0 saturated carbocycles. The van der Waals surface area contributed by atoms with Crippen molar-refractivity contribution in [2.45, 2.75) is 32.6 Å². The van der Waals surface area contributed by atoms with Gasteiger partial charge in [0.25, 0.3) is 0 Å². The third-order valence-electron chi connectivity index (χ3n) is 2.05. The Morgan fingerprint density at radius 1 is 0.889 bits per heavy atom. The maximum Gasteiger partial charge on any atom is 0.303 e. The average molecular weight is 246 g/mol. The van der Waals surface area contributed by atoms with Crippen LogP contribution in [0.1, 0.15) is 32.6 Å². The maximum absolute atomic E-state index is 10.2. The molecule has 0 aliphatic heterocycles. The van der Waals surface area contributed by atoms with Crippen molar-refractivity contribution in [1.82, 2.24) is 0 Å². The largest absolute Gasteiger partial charge is 0.481 e. The van der Waals surface area contributed by atoms with Gasteiger partial charge < -0.3 is 5.11 Å². The number of carbonyl (C=O) groups is 1. The Kier molecular flexibility index (Phi) is 11.9. The van der Waals surface area contributed by atoms with Gasteiger partial charge in [0.2, 0.25) is 0 Å². The lowest BCUT2D eigenvalue weighted by atomic mass is 10.2. The van der Waals surface area contributed by atoms with Crippen LogP contribution in [0.15, 0.2) is 60.8 Å². The van der Waals surface area contributed by atoms with Crippen LogP contribution in [-0.2, 0) is 4.79 Å². The molecule has 0 fully saturated rings. The first-order valence-corrected chi connectivity index (χ1v) is 6.30. The minimum atomic E-state index is -0.731. The van der Waals surface area contributed by atoms with Gasteiger partial charge in [-0.3, -0.25) is 4.79 Å². The van der Waals surface area contributed by atoms with Crippen molar-refractivity contribution in [2.75, 3.05) is 0 Å². The highest BCUT2D eigenvalue weighted by Crippen LogP contribution is 1.96. The number of carboxylic acids is 1. The summed E-state index contributed by atoms with van der Waals surface area (Å²) in [5.74, 6) is -0.731. The van der Waals surface area contributed by atoms with Crippen LogP contribution in [0.3, 0.4) is 0 Å². The van der Waals surface area contributed by atoms with Crippen LogP contribution < -0.4 is 0 Å². The molecule has 0 aliphatic rings. The highest BCUT2D eigenvalue weighted by Gasteiger charge is 1.92. The number of aliphatic carboxylic acids is 1. The zero-order chi connectivity index (χ0) is 13.5. The zero-order valence-corrected chi connectivity index (χ0v) is 11.0. The van der Waals surface area contributed by atoms with Gasteiger partial charge in [-0.05, 0) is 19.3 Å². The van der Waals surface area contributed by atoms with Crippen LogP contribution in [-0.4, -0.2) is 11.1 Å². The first kappa shape index (κ1) is 16.2. The van der Waals surface area contributed by atoms with E-state index in [0.29, 0.717) is 6.42 Å². The monoisotopic (exact) mass is 246 g/mol. The Morgan fingerprint density at radius 2 is 1.39 bits per heavy atom. The van der Waals surface area contributed by atoms with E-state index in [2.05, 4.69) is 13.0 Å². The van der Waals surface area contributed by atoms with E-state index in [9.17, 15) is 4.79 Å². The Labute approximate surface area is 110 Å². The van der Waals surface area contributed by atoms with E-state index in [4.69, 9.17) is 5.11 Å². The third-order valence-corrected chi connectivity index (χ3v) is 2.05. The number of hydrogen-bond donors (Lipinski definition) is 1. The maximum atomic E-state index is 10.2. The molecule has 0 aromatic carbocycles. The second-order valence-corrected chi connectivity index (χ2v) is 3.71. The molecule has 0 unspecified atom stereocenters. The number of hydrogen-bond acceptors (Lipinski definition) is 1. The number of allylic oxidation sites excluding steroid dienone is 10. The Morgan fingerprint density at radius 3 is 1.89 bits per heavy atom. The van der Waals surface area contributed by atoms with Gasteiger partial charge in [-0.1, -0.05) is 67.7 Å². The van der Waals surface area contributed by atoms with Crippen molar-refractivity contribution in [3.63, 3.8) is 0 Å². The molecule has 1 N–H and O–H groups in total. The zero-order valence-electron chi connectivity index (χ0n) is 11.0. The quantitative estimate of drug-likeness (QED) is 0.482. The normalized spacial score (nSPS) is 12.9. The fourth-order valence-corrected chi connectivity index (χ4v) is 1.15. The van der Waals surface area contributed by atoms with E-state index >= 15 is 0 Å². The van der Waals surface area contributed by atoms with E-state index in [1.165, 1.54) is 0 Å². The van der Waals surface area contributed by atoms with Crippen molar-refractivity contribution in [1.29, 1.82) is 0 Å². The molecule has 0 saturated heterocycles. The summed E-state index contributed by atoms with van der Waals surface area (Å²) in [6.07, 6.45) is 22.6. The predicted octanol–water partition coefficient (Wildman–Crippen LogP) is 4.43. The minimum Gasteiger partial charge on any atom is -0.481 e. The van der Waals surface area contributed by atoms with Crippen molar-refractivity contribution < 1.29 is 9.90 Å². The fraction of sp³-hybridized carbons (Fsp3) is 0.312. The van der Waals surface area contributed by atoms with E-state index < -0.39 is 5.97 Å². The van der Waals surface area contributed by atoms with Crippen LogP contribution in [0.4, 0.5) is 0 Å². The smallest absolute Gasteiger partial charge is 0.303 e. The molecule has 0 bridgehead atoms. The van der Waals surface area contributed by atoms with Gasteiger partial charge in [-0.25, -0.2) is 0 Å². The molecule has 2 nitrogen and oxygen atoms in total. The van der Waals surface area contributed by atoms with Crippen molar-refractivity contribution in [3.05, 3.63) is 60.8 Å². The molecule has 0 atom stereocenters.